The van der Waals surface area contributed by atoms with Crippen LogP contribution >= 0.6 is 11.3 Å². The Balaban J connectivity index is 1.46. The van der Waals surface area contributed by atoms with Crippen molar-refractivity contribution in [1.82, 2.24) is 10.2 Å². The van der Waals surface area contributed by atoms with Crippen LogP contribution in [0.15, 0.2) is 30.3 Å². The molecule has 0 bridgehead atoms. The van der Waals surface area contributed by atoms with E-state index in [9.17, 15) is 4.79 Å². The molecule has 4 rings (SSSR count). The Morgan fingerprint density at radius 2 is 2.29 bits per heavy atom. The molecule has 2 aliphatic rings. The number of likely N-dealkylation sites (N-methyl/N-ethyl adjacent to an activating group) is 1. The summed E-state index contributed by atoms with van der Waals surface area (Å²) in [6.45, 7) is 3.58. The van der Waals surface area contributed by atoms with E-state index >= 15 is 0 Å². The number of nitrogens with one attached hydrogen (secondary N) is 1. The highest BCUT2D eigenvalue weighted by Gasteiger charge is 2.23. The summed E-state index contributed by atoms with van der Waals surface area (Å²) < 4.78 is 11.4. The van der Waals surface area contributed by atoms with Gasteiger partial charge in [0.15, 0.2) is 0 Å². The average molecular weight is 344 g/mol. The lowest BCUT2D eigenvalue weighted by Crippen LogP contribution is -2.45. The minimum atomic E-state index is -0.0382. The van der Waals surface area contributed by atoms with Crippen LogP contribution in [0.4, 0.5) is 0 Å². The van der Waals surface area contributed by atoms with Crippen LogP contribution < -0.4 is 10.1 Å². The number of benzene rings is 1. The smallest absolute Gasteiger partial charge is 0.261 e. The Labute approximate surface area is 145 Å². The molecule has 24 heavy (non-hydrogen) atoms. The zero-order valence-electron chi connectivity index (χ0n) is 13.6. The number of carbonyl (C=O) groups excluding carboxylic acids is 1. The van der Waals surface area contributed by atoms with Crippen LogP contribution in [0.2, 0.25) is 0 Å². The predicted octanol–water partition coefficient (Wildman–Crippen LogP) is 2.37. The van der Waals surface area contributed by atoms with E-state index in [4.69, 9.17) is 9.47 Å². The molecule has 0 saturated carbocycles. The molecule has 2 aromatic rings. The third-order valence-electron chi connectivity index (χ3n) is 4.38. The van der Waals surface area contributed by atoms with Gasteiger partial charge in [-0.2, -0.15) is 0 Å². The maximum absolute atomic E-state index is 12.5. The summed E-state index contributed by atoms with van der Waals surface area (Å²) in [6.07, 6.45) is 0.0614. The molecule has 0 aliphatic carbocycles. The second kappa shape index (κ2) is 6.55. The van der Waals surface area contributed by atoms with Crippen molar-refractivity contribution in [3.8, 4) is 16.2 Å². The van der Waals surface area contributed by atoms with Crippen molar-refractivity contribution in [1.29, 1.82) is 0 Å². The number of fused-ring (bicyclic) bond motifs is 3. The Morgan fingerprint density at radius 1 is 1.42 bits per heavy atom. The number of hydrogen-bond acceptors (Lipinski definition) is 5. The van der Waals surface area contributed by atoms with Gasteiger partial charge < -0.3 is 19.7 Å². The highest BCUT2D eigenvalue weighted by molar-refractivity contribution is 7.17. The molecule has 1 amide bonds. The number of rotatable bonds is 3. The summed E-state index contributed by atoms with van der Waals surface area (Å²) in [5.74, 6) is 0.848. The first-order valence-electron chi connectivity index (χ1n) is 8.14. The predicted molar refractivity (Wildman–Crippen MR) is 93.7 cm³/mol. The van der Waals surface area contributed by atoms with E-state index in [2.05, 4.69) is 17.3 Å². The van der Waals surface area contributed by atoms with Gasteiger partial charge in [-0.3, -0.25) is 4.79 Å². The topological polar surface area (TPSA) is 50.8 Å². The lowest BCUT2D eigenvalue weighted by Gasteiger charge is -2.30. The minimum Gasteiger partial charge on any atom is -0.488 e. The van der Waals surface area contributed by atoms with Crippen molar-refractivity contribution < 1.29 is 14.3 Å². The fourth-order valence-corrected chi connectivity index (χ4v) is 4.21. The quantitative estimate of drug-likeness (QED) is 0.929. The van der Waals surface area contributed by atoms with Crippen molar-refractivity contribution in [3.63, 3.8) is 0 Å². The molecule has 1 saturated heterocycles. The van der Waals surface area contributed by atoms with Crippen LogP contribution in [0.1, 0.15) is 15.2 Å². The summed E-state index contributed by atoms with van der Waals surface area (Å²) in [6, 6.07) is 9.91. The van der Waals surface area contributed by atoms with Crippen LogP contribution in [-0.2, 0) is 11.3 Å². The monoisotopic (exact) mass is 344 g/mol. The first-order chi connectivity index (χ1) is 11.7. The molecule has 1 aromatic carbocycles. The van der Waals surface area contributed by atoms with Crippen LogP contribution in [0.25, 0.3) is 10.4 Å². The zero-order chi connectivity index (χ0) is 16.5. The number of para-hydroxylation sites is 1. The second-order valence-corrected chi connectivity index (χ2v) is 7.27. The standard InChI is InChI=1S/C18H20N2O3S/c1-20-6-7-22-13(10-20)9-19-18(21)16-8-12-11-23-15-5-3-2-4-14(15)17(12)24-16/h2-5,8,13H,6-7,9-11H2,1H3,(H,19,21)/t13-/m1/s1. The van der Waals surface area contributed by atoms with Gasteiger partial charge in [-0.05, 0) is 25.2 Å². The first-order valence-corrected chi connectivity index (χ1v) is 8.95. The van der Waals surface area contributed by atoms with Crippen LogP contribution in [0.3, 0.4) is 0 Å². The third-order valence-corrected chi connectivity index (χ3v) is 5.59. The number of nitrogens with zero attached hydrogens (tertiary/aromatic N) is 1. The zero-order valence-corrected chi connectivity index (χ0v) is 14.4. The molecule has 5 nitrogen and oxygen atoms in total. The van der Waals surface area contributed by atoms with E-state index in [0.29, 0.717) is 13.2 Å². The minimum absolute atomic E-state index is 0.0382. The van der Waals surface area contributed by atoms with Gasteiger partial charge in [-0.25, -0.2) is 0 Å². The highest BCUT2D eigenvalue weighted by Crippen LogP contribution is 2.42. The van der Waals surface area contributed by atoms with Crippen molar-refractivity contribution in [2.45, 2.75) is 12.7 Å². The van der Waals surface area contributed by atoms with Gasteiger partial charge in [0.2, 0.25) is 0 Å². The molecular weight excluding hydrogens is 324 g/mol. The highest BCUT2D eigenvalue weighted by atomic mass is 32.1. The third kappa shape index (κ3) is 3.05. The van der Waals surface area contributed by atoms with Crippen LogP contribution in [0, 0.1) is 0 Å². The Kier molecular flexibility index (Phi) is 4.26. The van der Waals surface area contributed by atoms with E-state index in [0.717, 1.165) is 46.3 Å². The molecule has 1 N–H and O–H groups in total. The average Bonchev–Trinajstić information content (AvgIpc) is 3.04. The molecule has 1 fully saturated rings. The molecule has 2 aliphatic heterocycles. The van der Waals surface area contributed by atoms with Crippen LogP contribution in [-0.4, -0.2) is 50.2 Å². The number of thiophene rings is 1. The number of hydrogen-bond donors (Lipinski definition) is 1. The molecule has 1 atom stereocenters. The van der Waals surface area contributed by atoms with Crippen molar-refractivity contribution >= 4 is 17.2 Å². The van der Waals surface area contributed by atoms with Gasteiger partial charge in [0.05, 0.1) is 17.6 Å². The number of ether oxygens (including phenoxy) is 2. The normalized spacial score (nSPS) is 20.0. The maximum Gasteiger partial charge on any atom is 0.261 e. The van der Waals surface area contributed by atoms with Crippen molar-refractivity contribution in [2.75, 3.05) is 33.3 Å². The van der Waals surface area contributed by atoms with E-state index in [-0.39, 0.29) is 12.0 Å². The fraction of sp³-hybridized carbons (Fsp3) is 0.389. The van der Waals surface area contributed by atoms with Gasteiger partial charge in [0, 0.05) is 35.6 Å². The number of carbonyl (C=O) groups is 1. The Morgan fingerprint density at radius 3 is 3.17 bits per heavy atom. The van der Waals surface area contributed by atoms with E-state index in [1.54, 1.807) is 0 Å². The van der Waals surface area contributed by atoms with Crippen molar-refractivity contribution in [2.24, 2.45) is 0 Å². The fourth-order valence-electron chi connectivity index (χ4n) is 3.10. The van der Waals surface area contributed by atoms with Crippen molar-refractivity contribution in [3.05, 3.63) is 40.8 Å². The summed E-state index contributed by atoms with van der Waals surface area (Å²) in [7, 11) is 2.07. The van der Waals surface area contributed by atoms with Gasteiger partial charge in [0.1, 0.15) is 12.4 Å². The van der Waals surface area contributed by atoms with E-state index in [1.807, 2.05) is 30.3 Å². The molecule has 126 valence electrons. The molecular formula is C18H20N2O3S. The van der Waals surface area contributed by atoms with E-state index in [1.165, 1.54) is 11.3 Å². The SMILES string of the molecule is CN1CCO[C@H](CNC(=O)c2cc3c(s2)-c2ccccc2OC3)C1. The van der Waals surface area contributed by atoms with Gasteiger partial charge in [-0.15, -0.1) is 11.3 Å². The number of amides is 1. The molecule has 6 heteroatoms. The molecule has 1 aromatic heterocycles. The Bertz CT molecular complexity index is 758. The summed E-state index contributed by atoms with van der Waals surface area (Å²) in [5.41, 5.74) is 2.15. The van der Waals surface area contributed by atoms with Gasteiger partial charge in [-0.1, -0.05) is 12.1 Å². The van der Waals surface area contributed by atoms with Gasteiger partial charge in [0.25, 0.3) is 5.91 Å². The molecule has 3 heterocycles. The van der Waals surface area contributed by atoms with Gasteiger partial charge >= 0.3 is 0 Å². The number of morpholine rings is 1. The van der Waals surface area contributed by atoms with E-state index < -0.39 is 0 Å². The largest absolute Gasteiger partial charge is 0.488 e. The maximum atomic E-state index is 12.5. The summed E-state index contributed by atoms with van der Waals surface area (Å²) >= 11 is 1.53. The Hall–Kier alpha value is -1.89. The summed E-state index contributed by atoms with van der Waals surface area (Å²) in [4.78, 5) is 16.6. The molecule has 0 spiro atoms. The summed E-state index contributed by atoms with van der Waals surface area (Å²) in [5, 5.41) is 3.00. The first kappa shape index (κ1) is 15.6. The lowest BCUT2D eigenvalue weighted by atomic mass is 10.1. The van der Waals surface area contributed by atoms with Crippen LogP contribution in [0.5, 0.6) is 5.75 Å². The molecule has 0 unspecified atom stereocenters. The molecule has 0 radical (unpaired) electrons. The second-order valence-electron chi connectivity index (χ2n) is 6.21. The lowest BCUT2D eigenvalue weighted by molar-refractivity contribution is -0.0174.